The number of hydrogen-bond donors (Lipinski definition) is 0. The van der Waals surface area contributed by atoms with Gasteiger partial charge in [-0.1, -0.05) is 30.7 Å². The van der Waals surface area contributed by atoms with E-state index in [1.807, 2.05) is 0 Å². The molecule has 0 aliphatic rings. The van der Waals surface area contributed by atoms with Gasteiger partial charge in [0, 0.05) is 6.07 Å². The zero-order valence-corrected chi connectivity index (χ0v) is 7.63. The van der Waals surface area contributed by atoms with Gasteiger partial charge in [-0.25, -0.2) is 0 Å². The summed E-state index contributed by atoms with van der Waals surface area (Å²) >= 11 is 5.42. The summed E-state index contributed by atoms with van der Waals surface area (Å²) in [5.41, 5.74) is -0.560. The summed E-state index contributed by atoms with van der Waals surface area (Å²) in [6.07, 6.45) is -4.08. The highest BCUT2D eigenvalue weighted by atomic mass is 35.5. The van der Waals surface area contributed by atoms with Crippen molar-refractivity contribution in [3.05, 3.63) is 34.3 Å². The molecule has 0 spiro atoms. The van der Waals surface area contributed by atoms with Crippen molar-refractivity contribution < 1.29 is 13.2 Å². The van der Waals surface area contributed by atoms with E-state index in [1.54, 1.807) is 6.92 Å². The summed E-state index contributed by atoms with van der Waals surface area (Å²) < 4.78 is 37.2. The van der Waals surface area contributed by atoms with Gasteiger partial charge in [0.05, 0.1) is 10.6 Å². The Morgan fingerprint density at radius 3 is 2.46 bits per heavy atom. The van der Waals surface area contributed by atoms with Crippen LogP contribution in [0.4, 0.5) is 13.2 Å². The van der Waals surface area contributed by atoms with Crippen LogP contribution in [0.25, 0.3) is 0 Å². The fourth-order valence-electron chi connectivity index (χ4n) is 1.11. The number of aryl methyl sites for hydroxylation is 1. The molecule has 1 rings (SSSR count). The molecule has 0 nitrogen and oxygen atoms in total. The van der Waals surface area contributed by atoms with E-state index < -0.39 is 11.7 Å². The molecule has 0 atom stereocenters. The van der Waals surface area contributed by atoms with Crippen LogP contribution in [-0.2, 0) is 12.6 Å². The Kier molecular flexibility index (Phi) is 2.86. The van der Waals surface area contributed by atoms with Gasteiger partial charge >= 0.3 is 6.18 Å². The predicted molar refractivity (Wildman–Crippen MR) is 44.7 cm³/mol. The van der Waals surface area contributed by atoms with Gasteiger partial charge < -0.3 is 0 Å². The van der Waals surface area contributed by atoms with Gasteiger partial charge in [-0.15, -0.1) is 0 Å². The number of hydrogen-bond acceptors (Lipinski definition) is 0. The smallest absolute Gasteiger partial charge is 0.166 e. The SMILES string of the molecule is CCc1cc[c]c(Cl)c1C(F)(F)F. The Morgan fingerprint density at radius 2 is 2.08 bits per heavy atom. The molecule has 0 saturated heterocycles. The van der Waals surface area contributed by atoms with Crippen molar-refractivity contribution in [2.75, 3.05) is 0 Å². The zero-order valence-electron chi connectivity index (χ0n) is 6.87. The highest BCUT2D eigenvalue weighted by Gasteiger charge is 2.35. The van der Waals surface area contributed by atoms with Gasteiger partial charge in [0.25, 0.3) is 0 Å². The Labute approximate surface area is 79.3 Å². The van der Waals surface area contributed by atoms with Gasteiger partial charge in [0.1, 0.15) is 0 Å². The molecule has 1 radical (unpaired) electrons. The highest BCUT2D eigenvalue weighted by Crippen LogP contribution is 2.36. The van der Waals surface area contributed by atoms with Gasteiger partial charge in [-0.3, -0.25) is 0 Å². The third-order valence-corrected chi connectivity index (χ3v) is 2.00. The van der Waals surface area contributed by atoms with E-state index in [4.69, 9.17) is 11.6 Å². The van der Waals surface area contributed by atoms with E-state index in [9.17, 15) is 13.2 Å². The minimum absolute atomic E-state index is 0.205. The Balaban J connectivity index is 3.32. The van der Waals surface area contributed by atoms with E-state index in [0.29, 0.717) is 6.42 Å². The number of benzene rings is 1. The minimum atomic E-state index is -4.39. The summed E-state index contributed by atoms with van der Waals surface area (Å²) in [6.45, 7) is 1.65. The molecule has 13 heavy (non-hydrogen) atoms. The summed E-state index contributed by atoms with van der Waals surface area (Å²) in [5.74, 6) is 0. The topological polar surface area (TPSA) is 0 Å². The number of halogens is 4. The maximum Gasteiger partial charge on any atom is 0.418 e. The first kappa shape index (κ1) is 10.4. The first-order valence-corrected chi connectivity index (χ1v) is 4.11. The molecule has 0 aliphatic heterocycles. The summed E-state index contributed by atoms with van der Waals surface area (Å²) in [5, 5.41) is -0.355. The Bertz CT molecular complexity index is 304. The molecule has 1 aromatic rings. The van der Waals surface area contributed by atoms with Crippen molar-refractivity contribution in [1.82, 2.24) is 0 Å². The van der Waals surface area contributed by atoms with E-state index in [0.717, 1.165) is 0 Å². The summed E-state index contributed by atoms with van der Waals surface area (Å²) in [6, 6.07) is 5.11. The van der Waals surface area contributed by atoms with Crippen molar-refractivity contribution >= 4 is 11.6 Å². The lowest BCUT2D eigenvalue weighted by molar-refractivity contribution is -0.138. The second-order valence-electron chi connectivity index (χ2n) is 2.54. The van der Waals surface area contributed by atoms with Crippen LogP contribution in [0.5, 0.6) is 0 Å². The third-order valence-electron chi connectivity index (χ3n) is 1.70. The lowest BCUT2D eigenvalue weighted by atomic mass is 10.1. The zero-order chi connectivity index (χ0) is 10.1. The van der Waals surface area contributed by atoms with Crippen LogP contribution < -0.4 is 0 Å². The normalized spacial score (nSPS) is 11.8. The maximum absolute atomic E-state index is 12.4. The largest absolute Gasteiger partial charge is 0.418 e. The molecule has 0 aliphatic carbocycles. The molecular weight excluding hydrogens is 201 g/mol. The van der Waals surface area contributed by atoms with Crippen molar-refractivity contribution in [2.45, 2.75) is 19.5 Å². The Morgan fingerprint density at radius 1 is 1.46 bits per heavy atom. The van der Waals surface area contributed by atoms with Crippen LogP contribution in [0, 0.1) is 6.07 Å². The second-order valence-corrected chi connectivity index (χ2v) is 2.92. The molecule has 0 fully saturated rings. The quantitative estimate of drug-likeness (QED) is 0.658. The van der Waals surface area contributed by atoms with Crippen LogP contribution in [0.15, 0.2) is 12.1 Å². The van der Waals surface area contributed by atoms with Crippen LogP contribution in [0.1, 0.15) is 18.1 Å². The number of alkyl halides is 3. The molecule has 1 aromatic carbocycles. The molecule has 0 aromatic heterocycles. The van der Waals surface area contributed by atoms with E-state index >= 15 is 0 Å². The predicted octanol–water partition coefficient (Wildman–Crippen LogP) is 3.72. The van der Waals surface area contributed by atoms with Crippen LogP contribution in [-0.4, -0.2) is 0 Å². The standard InChI is InChI=1S/C9H7ClF3/c1-2-6-4-3-5-7(10)8(6)9(11,12)13/h3-4H,2H2,1H3. The summed E-state index contributed by atoms with van der Waals surface area (Å²) in [4.78, 5) is 0. The average Bonchev–Trinajstić information content (AvgIpc) is 2.01. The van der Waals surface area contributed by atoms with Gasteiger partial charge in [0.2, 0.25) is 0 Å². The molecule has 0 heterocycles. The fraction of sp³-hybridized carbons (Fsp3) is 0.333. The minimum Gasteiger partial charge on any atom is -0.166 e. The average molecular weight is 208 g/mol. The van der Waals surface area contributed by atoms with E-state index in [1.165, 1.54) is 12.1 Å². The van der Waals surface area contributed by atoms with Crippen molar-refractivity contribution in [2.24, 2.45) is 0 Å². The third kappa shape index (κ3) is 2.15. The molecule has 0 unspecified atom stereocenters. The molecule has 0 amide bonds. The summed E-state index contributed by atoms with van der Waals surface area (Å²) in [7, 11) is 0. The molecule has 71 valence electrons. The number of rotatable bonds is 1. The van der Waals surface area contributed by atoms with E-state index in [2.05, 4.69) is 6.07 Å². The first-order valence-electron chi connectivity index (χ1n) is 3.73. The van der Waals surface area contributed by atoms with Crippen molar-refractivity contribution in [1.29, 1.82) is 0 Å². The van der Waals surface area contributed by atoms with E-state index in [-0.39, 0.29) is 10.6 Å². The monoisotopic (exact) mass is 207 g/mol. The van der Waals surface area contributed by atoms with Gasteiger partial charge in [-0.2, -0.15) is 13.2 Å². The molecule has 0 saturated carbocycles. The fourth-order valence-corrected chi connectivity index (χ4v) is 1.40. The van der Waals surface area contributed by atoms with Crippen LogP contribution in [0.3, 0.4) is 0 Å². The lowest BCUT2D eigenvalue weighted by Gasteiger charge is -2.12. The van der Waals surface area contributed by atoms with Crippen molar-refractivity contribution in [3.8, 4) is 0 Å². The molecule has 0 N–H and O–H groups in total. The van der Waals surface area contributed by atoms with Crippen LogP contribution in [0.2, 0.25) is 5.02 Å². The molecule has 4 heteroatoms. The first-order chi connectivity index (χ1) is 5.96. The highest BCUT2D eigenvalue weighted by molar-refractivity contribution is 6.31. The second kappa shape index (κ2) is 3.58. The van der Waals surface area contributed by atoms with Crippen molar-refractivity contribution in [3.63, 3.8) is 0 Å². The lowest BCUT2D eigenvalue weighted by Crippen LogP contribution is -2.09. The Hall–Kier alpha value is -0.700. The molecule has 0 bridgehead atoms. The van der Waals surface area contributed by atoms with Crippen LogP contribution >= 0.6 is 11.6 Å². The van der Waals surface area contributed by atoms with Gasteiger partial charge in [0.15, 0.2) is 0 Å². The van der Waals surface area contributed by atoms with Gasteiger partial charge in [-0.05, 0) is 12.0 Å². The molecular formula is C9H7ClF3. The maximum atomic E-state index is 12.4.